The molecule has 0 aromatic heterocycles. The molecule has 0 unspecified atom stereocenters. The van der Waals surface area contributed by atoms with Gasteiger partial charge in [0.25, 0.3) is 0 Å². The van der Waals surface area contributed by atoms with Crippen molar-refractivity contribution in [3.05, 3.63) is 90.4 Å². The van der Waals surface area contributed by atoms with Crippen LogP contribution in [0.15, 0.2) is 79.1 Å². The van der Waals surface area contributed by atoms with E-state index in [-0.39, 0.29) is 11.3 Å². The summed E-state index contributed by atoms with van der Waals surface area (Å²) in [6.07, 6.45) is 1.14. The second kappa shape index (κ2) is 8.73. The maximum Gasteiger partial charge on any atom is 0.339 e. The molecule has 0 atom stereocenters. The van der Waals surface area contributed by atoms with E-state index in [0.29, 0.717) is 22.8 Å². The number of para-hydroxylation sites is 2. The predicted octanol–water partition coefficient (Wildman–Crippen LogP) is 5.48. The van der Waals surface area contributed by atoms with Crippen LogP contribution in [0, 0.1) is 5.82 Å². The molecule has 0 amide bonds. The van der Waals surface area contributed by atoms with E-state index >= 15 is 0 Å². The molecule has 0 bridgehead atoms. The Morgan fingerprint density at radius 1 is 0.893 bits per heavy atom. The monoisotopic (exact) mass is 380 g/mol. The SMILES string of the molecule is COC=C(C(=O)O)c1ccccc1Oc1cccc(Oc2ccccc2F)c1. The molecule has 0 saturated heterocycles. The quantitative estimate of drug-likeness (QED) is 0.434. The van der Waals surface area contributed by atoms with Crippen molar-refractivity contribution >= 4 is 11.5 Å². The molecule has 0 radical (unpaired) electrons. The molecule has 6 heteroatoms. The fraction of sp³-hybridized carbons (Fsp3) is 0.0455. The number of rotatable bonds is 7. The summed E-state index contributed by atoms with van der Waals surface area (Å²) in [6.45, 7) is 0. The van der Waals surface area contributed by atoms with Crippen molar-refractivity contribution in [3.8, 4) is 23.0 Å². The molecule has 28 heavy (non-hydrogen) atoms. The third-order valence-corrected chi connectivity index (χ3v) is 3.74. The van der Waals surface area contributed by atoms with Crippen LogP contribution in [0.1, 0.15) is 5.56 Å². The first kappa shape index (κ1) is 19.0. The Labute approximate surface area is 161 Å². The highest BCUT2D eigenvalue weighted by Crippen LogP contribution is 2.33. The zero-order valence-electron chi connectivity index (χ0n) is 15.0. The van der Waals surface area contributed by atoms with Gasteiger partial charge in [0, 0.05) is 11.6 Å². The van der Waals surface area contributed by atoms with Gasteiger partial charge >= 0.3 is 5.97 Å². The lowest BCUT2D eigenvalue weighted by Gasteiger charge is -2.13. The van der Waals surface area contributed by atoms with Gasteiger partial charge in [-0.25, -0.2) is 9.18 Å². The predicted molar refractivity (Wildman–Crippen MR) is 102 cm³/mol. The van der Waals surface area contributed by atoms with Gasteiger partial charge in [-0.15, -0.1) is 0 Å². The zero-order chi connectivity index (χ0) is 19.9. The van der Waals surface area contributed by atoms with E-state index in [1.807, 2.05) is 0 Å². The number of hydrogen-bond acceptors (Lipinski definition) is 4. The zero-order valence-corrected chi connectivity index (χ0v) is 15.0. The molecule has 1 N–H and O–H groups in total. The smallest absolute Gasteiger partial charge is 0.339 e. The summed E-state index contributed by atoms with van der Waals surface area (Å²) in [7, 11) is 1.37. The lowest BCUT2D eigenvalue weighted by molar-refractivity contribution is -0.130. The Hall–Kier alpha value is -3.80. The van der Waals surface area contributed by atoms with E-state index in [0.717, 1.165) is 6.26 Å². The van der Waals surface area contributed by atoms with Gasteiger partial charge < -0.3 is 19.3 Å². The van der Waals surface area contributed by atoms with Gasteiger partial charge in [0.15, 0.2) is 11.6 Å². The largest absolute Gasteiger partial charge is 0.503 e. The van der Waals surface area contributed by atoms with Crippen molar-refractivity contribution in [1.82, 2.24) is 0 Å². The number of hydrogen-bond donors (Lipinski definition) is 1. The van der Waals surface area contributed by atoms with E-state index in [1.165, 1.54) is 19.2 Å². The molecule has 0 saturated carbocycles. The summed E-state index contributed by atoms with van der Waals surface area (Å²) in [4.78, 5) is 11.5. The van der Waals surface area contributed by atoms with Crippen LogP contribution in [0.3, 0.4) is 0 Å². The van der Waals surface area contributed by atoms with Crippen LogP contribution < -0.4 is 9.47 Å². The molecule has 0 spiro atoms. The summed E-state index contributed by atoms with van der Waals surface area (Å²) >= 11 is 0. The molecular weight excluding hydrogens is 363 g/mol. The molecule has 3 rings (SSSR count). The highest BCUT2D eigenvalue weighted by atomic mass is 19.1. The fourth-order valence-electron chi connectivity index (χ4n) is 2.51. The lowest BCUT2D eigenvalue weighted by Crippen LogP contribution is -2.02. The number of carboxylic acids is 1. The second-order valence-electron chi connectivity index (χ2n) is 5.68. The number of methoxy groups -OCH3 is 1. The summed E-state index contributed by atoms with van der Waals surface area (Å²) in [5, 5.41) is 9.42. The van der Waals surface area contributed by atoms with Crippen molar-refractivity contribution in [2.45, 2.75) is 0 Å². The maximum atomic E-state index is 13.8. The van der Waals surface area contributed by atoms with E-state index in [4.69, 9.17) is 14.2 Å². The highest BCUT2D eigenvalue weighted by molar-refractivity contribution is 6.15. The van der Waals surface area contributed by atoms with Gasteiger partial charge in [-0.2, -0.15) is 0 Å². The first-order valence-corrected chi connectivity index (χ1v) is 8.34. The minimum absolute atomic E-state index is 0.0446. The van der Waals surface area contributed by atoms with Gasteiger partial charge in [0.1, 0.15) is 22.8 Å². The van der Waals surface area contributed by atoms with E-state index in [2.05, 4.69) is 0 Å². The maximum absolute atomic E-state index is 13.8. The Bertz CT molecular complexity index is 1010. The van der Waals surface area contributed by atoms with Crippen molar-refractivity contribution in [2.75, 3.05) is 7.11 Å². The average molecular weight is 380 g/mol. The third-order valence-electron chi connectivity index (χ3n) is 3.74. The Kier molecular flexibility index (Phi) is 5.91. The topological polar surface area (TPSA) is 65.0 Å². The fourth-order valence-corrected chi connectivity index (χ4v) is 2.51. The molecule has 142 valence electrons. The minimum Gasteiger partial charge on any atom is -0.503 e. The molecular formula is C22H17FO5. The Morgan fingerprint density at radius 3 is 2.14 bits per heavy atom. The molecule has 0 fully saturated rings. The number of benzene rings is 3. The molecule has 0 aliphatic carbocycles. The first-order chi connectivity index (χ1) is 13.6. The number of ether oxygens (including phenoxy) is 3. The van der Waals surface area contributed by atoms with Crippen molar-refractivity contribution < 1.29 is 28.5 Å². The standard InChI is InChI=1S/C22H17FO5/c1-26-14-18(22(24)25)17-9-2-4-11-20(17)27-15-7-6-8-16(13-15)28-21-12-5-3-10-19(21)23/h2-14H,1H3,(H,24,25). The summed E-state index contributed by atoms with van der Waals surface area (Å²) < 4.78 is 30.1. The van der Waals surface area contributed by atoms with Crippen molar-refractivity contribution in [1.29, 1.82) is 0 Å². The molecule has 0 aliphatic rings. The van der Waals surface area contributed by atoms with Gasteiger partial charge in [0.05, 0.1) is 13.4 Å². The van der Waals surface area contributed by atoms with Crippen LogP contribution in [0.25, 0.3) is 5.57 Å². The van der Waals surface area contributed by atoms with Crippen LogP contribution in [0.2, 0.25) is 0 Å². The summed E-state index contributed by atoms with van der Waals surface area (Å²) in [6, 6.07) is 19.4. The van der Waals surface area contributed by atoms with Crippen molar-refractivity contribution in [2.24, 2.45) is 0 Å². The Balaban J connectivity index is 1.88. The van der Waals surface area contributed by atoms with Crippen LogP contribution >= 0.6 is 0 Å². The van der Waals surface area contributed by atoms with Crippen LogP contribution in [-0.2, 0) is 9.53 Å². The second-order valence-corrected chi connectivity index (χ2v) is 5.68. The highest BCUT2D eigenvalue weighted by Gasteiger charge is 2.16. The number of carbonyl (C=O) groups is 1. The summed E-state index contributed by atoms with van der Waals surface area (Å²) in [5.41, 5.74) is 0.314. The van der Waals surface area contributed by atoms with Gasteiger partial charge in [0.2, 0.25) is 0 Å². The average Bonchev–Trinajstić information content (AvgIpc) is 2.69. The summed E-state index contributed by atoms with van der Waals surface area (Å²) in [5.74, 6) is -0.411. The molecule has 5 nitrogen and oxygen atoms in total. The van der Waals surface area contributed by atoms with Crippen LogP contribution in [0.5, 0.6) is 23.0 Å². The van der Waals surface area contributed by atoms with Crippen molar-refractivity contribution in [3.63, 3.8) is 0 Å². The number of aliphatic carboxylic acids is 1. The minimum atomic E-state index is -1.14. The molecule has 3 aromatic rings. The molecule has 0 aliphatic heterocycles. The Morgan fingerprint density at radius 2 is 1.50 bits per heavy atom. The van der Waals surface area contributed by atoms with Gasteiger partial charge in [-0.1, -0.05) is 36.4 Å². The van der Waals surface area contributed by atoms with E-state index in [9.17, 15) is 14.3 Å². The lowest BCUT2D eigenvalue weighted by atomic mass is 10.1. The van der Waals surface area contributed by atoms with Crippen LogP contribution in [0.4, 0.5) is 4.39 Å². The molecule has 0 heterocycles. The van der Waals surface area contributed by atoms with Gasteiger partial charge in [-0.3, -0.25) is 0 Å². The van der Waals surface area contributed by atoms with E-state index in [1.54, 1.807) is 60.7 Å². The normalized spacial score (nSPS) is 11.0. The first-order valence-electron chi connectivity index (χ1n) is 8.34. The van der Waals surface area contributed by atoms with E-state index < -0.39 is 11.8 Å². The third kappa shape index (κ3) is 4.48. The number of carboxylic acid groups (broad SMARTS) is 1. The van der Waals surface area contributed by atoms with Crippen LogP contribution in [-0.4, -0.2) is 18.2 Å². The molecule has 3 aromatic carbocycles. The van der Waals surface area contributed by atoms with Gasteiger partial charge in [-0.05, 0) is 30.3 Å². The number of halogens is 1.